The molecule has 4 rings (SSSR count). The summed E-state index contributed by atoms with van der Waals surface area (Å²) in [5.74, 6) is -0.674. The van der Waals surface area contributed by atoms with Crippen molar-refractivity contribution in [3.05, 3.63) is 102 Å². The molecule has 3 N–H and O–H groups in total. The first kappa shape index (κ1) is 19.4. The third kappa shape index (κ3) is 4.06. The molecule has 0 aliphatic heterocycles. The van der Waals surface area contributed by atoms with Crippen LogP contribution in [0.2, 0.25) is 0 Å². The maximum absolute atomic E-state index is 12.7. The monoisotopic (exact) mass is 400 g/mol. The molecular weight excluding hydrogens is 380 g/mol. The minimum atomic E-state index is -0.518. The molecule has 0 saturated heterocycles. The number of fused-ring (bicyclic) bond motifs is 1. The Morgan fingerprint density at radius 2 is 1.77 bits per heavy atom. The van der Waals surface area contributed by atoms with E-state index in [0.29, 0.717) is 22.6 Å². The van der Waals surface area contributed by atoms with Gasteiger partial charge in [-0.3, -0.25) is 14.0 Å². The molecule has 0 aliphatic carbocycles. The first-order valence-corrected chi connectivity index (χ1v) is 9.46. The maximum atomic E-state index is 12.7. The standard InChI is InChI=1S/C23H20N4O3/c28-15-19(16-7-2-1-3-8-16)26-22(29)17-9-6-10-18(13-17)25-23(30)20-14-24-21-11-4-5-12-27(20)21/h1-14,19,28H,15H2,(H,25,30)(H,26,29). The predicted molar refractivity (Wildman–Crippen MR) is 113 cm³/mol. The molecule has 0 bridgehead atoms. The highest BCUT2D eigenvalue weighted by atomic mass is 16.3. The van der Waals surface area contributed by atoms with Crippen LogP contribution in [0.25, 0.3) is 5.65 Å². The number of pyridine rings is 1. The summed E-state index contributed by atoms with van der Waals surface area (Å²) in [7, 11) is 0. The van der Waals surface area contributed by atoms with E-state index in [-0.39, 0.29) is 18.4 Å². The first-order chi connectivity index (χ1) is 14.7. The molecule has 0 aliphatic rings. The van der Waals surface area contributed by atoms with E-state index in [1.54, 1.807) is 34.9 Å². The summed E-state index contributed by atoms with van der Waals surface area (Å²) in [5.41, 5.74) is 2.74. The van der Waals surface area contributed by atoms with E-state index in [1.165, 1.54) is 6.20 Å². The highest BCUT2D eigenvalue weighted by Crippen LogP contribution is 2.16. The lowest BCUT2D eigenvalue weighted by atomic mass is 10.1. The number of nitrogens with zero attached hydrogens (tertiary/aromatic N) is 2. The van der Waals surface area contributed by atoms with E-state index < -0.39 is 6.04 Å². The largest absolute Gasteiger partial charge is 0.394 e. The molecule has 30 heavy (non-hydrogen) atoms. The predicted octanol–water partition coefficient (Wildman–Crippen LogP) is 3.05. The number of aromatic nitrogens is 2. The Morgan fingerprint density at radius 3 is 2.57 bits per heavy atom. The van der Waals surface area contributed by atoms with Gasteiger partial charge in [-0.05, 0) is 35.9 Å². The Balaban J connectivity index is 1.49. The number of aliphatic hydroxyl groups excluding tert-OH is 1. The van der Waals surface area contributed by atoms with Crippen LogP contribution in [0.3, 0.4) is 0 Å². The number of carbonyl (C=O) groups is 2. The van der Waals surface area contributed by atoms with E-state index in [2.05, 4.69) is 15.6 Å². The van der Waals surface area contributed by atoms with Gasteiger partial charge in [0.25, 0.3) is 11.8 Å². The van der Waals surface area contributed by atoms with E-state index >= 15 is 0 Å². The van der Waals surface area contributed by atoms with Crippen molar-refractivity contribution in [2.75, 3.05) is 11.9 Å². The van der Waals surface area contributed by atoms with Gasteiger partial charge in [0.2, 0.25) is 0 Å². The fourth-order valence-electron chi connectivity index (χ4n) is 3.20. The van der Waals surface area contributed by atoms with Crippen molar-refractivity contribution in [2.24, 2.45) is 0 Å². The van der Waals surface area contributed by atoms with Gasteiger partial charge in [0.05, 0.1) is 18.8 Å². The molecule has 7 nitrogen and oxygen atoms in total. The number of amides is 2. The summed E-state index contributed by atoms with van der Waals surface area (Å²) >= 11 is 0. The lowest BCUT2D eigenvalue weighted by molar-refractivity contribution is 0.0915. The van der Waals surface area contributed by atoms with Crippen LogP contribution in [0.4, 0.5) is 5.69 Å². The van der Waals surface area contributed by atoms with Crippen LogP contribution in [-0.2, 0) is 0 Å². The molecule has 2 amide bonds. The lowest BCUT2D eigenvalue weighted by Gasteiger charge is -2.17. The van der Waals surface area contributed by atoms with Gasteiger partial charge in [0.15, 0.2) is 0 Å². The average molecular weight is 400 g/mol. The zero-order chi connectivity index (χ0) is 20.9. The Hall–Kier alpha value is -3.97. The molecule has 2 heterocycles. The second-order valence-corrected chi connectivity index (χ2v) is 6.73. The Kier molecular flexibility index (Phi) is 5.54. The average Bonchev–Trinajstić information content (AvgIpc) is 3.22. The van der Waals surface area contributed by atoms with Gasteiger partial charge >= 0.3 is 0 Å². The smallest absolute Gasteiger partial charge is 0.274 e. The minimum absolute atomic E-state index is 0.222. The summed E-state index contributed by atoms with van der Waals surface area (Å²) in [6.07, 6.45) is 3.27. The zero-order valence-electron chi connectivity index (χ0n) is 16.0. The second kappa shape index (κ2) is 8.59. The van der Waals surface area contributed by atoms with Gasteiger partial charge in [-0.1, -0.05) is 42.5 Å². The number of anilines is 1. The van der Waals surface area contributed by atoms with Crippen molar-refractivity contribution >= 4 is 23.1 Å². The van der Waals surface area contributed by atoms with Crippen LogP contribution in [-0.4, -0.2) is 32.9 Å². The van der Waals surface area contributed by atoms with Crippen molar-refractivity contribution in [3.8, 4) is 0 Å². The number of nitrogens with one attached hydrogen (secondary N) is 2. The molecule has 2 aromatic carbocycles. The molecule has 0 fully saturated rings. The van der Waals surface area contributed by atoms with E-state index in [4.69, 9.17) is 0 Å². The van der Waals surface area contributed by atoms with Gasteiger partial charge in [0, 0.05) is 17.4 Å². The summed E-state index contributed by atoms with van der Waals surface area (Å²) in [4.78, 5) is 29.6. The van der Waals surface area contributed by atoms with Crippen molar-refractivity contribution < 1.29 is 14.7 Å². The van der Waals surface area contributed by atoms with E-state index in [1.807, 2.05) is 48.5 Å². The zero-order valence-corrected chi connectivity index (χ0v) is 16.0. The number of rotatable bonds is 6. The normalized spacial score (nSPS) is 11.8. The summed E-state index contributed by atoms with van der Waals surface area (Å²) in [6.45, 7) is -0.222. The fraction of sp³-hybridized carbons (Fsp3) is 0.0870. The fourth-order valence-corrected chi connectivity index (χ4v) is 3.20. The quantitative estimate of drug-likeness (QED) is 0.464. The Bertz CT molecular complexity index is 1190. The van der Waals surface area contributed by atoms with Crippen LogP contribution in [0.1, 0.15) is 32.5 Å². The second-order valence-electron chi connectivity index (χ2n) is 6.73. The highest BCUT2D eigenvalue weighted by molar-refractivity contribution is 6.04. The Labute approximate surface area is 173 Å². The van der Waals surface area contributed by atoms with Crippen molar-refractivity contribution in [1.29, 1.82) is 0 Å². The number of aliphatic hydroxyl groups is 1. The van der Waals surface area contributed by atoms with Crippen LogP contribution in [0, 0.1) is 0 Å². The maximum Gasteiger partial charge on any atom is 0.274 e. The molecule has 4 aromatic rings. The molecule has 0 radical (unpaired) electrons. The van der Waals surface area contributed by atoms with Crippen LogP contribution in [0.15, 0.2) is 85.2 Å². The van der Waals surface area contributed by atoms with Gasteiger partial charge in [-0.25, -0.2) is 4.98 Å². The van der Waals surface area contributed by atoms with Crippen molar-refractivity contribution in [3.63, 3.8) is 0 Å². The Morgan fingerprint density at radius 1 is 0.967 bits per heavy atom. The van der Waals surface area contributed by atoms with Crippen molar-refractivity contribution in [1.82, 2.24) is 14.7 Å². The highest BCUT2D eigenvalue weighted by Gasteiger charge is 2.16. The number of imidazole rings is 1. The topological polar surface area (TPSA) is 95.7 Å². The third-order valence-electron chi connectivity index (χ3n) is 4.72. The number of benzene rings is 2. The van der Waals surface area contributed by atoms with Crippen LogP contribution < -0.4 is 10.6 Å². The molecule has 150 valence electrons. The summed E-state index contributed by atoms with van der Waals surface area (Å²) < 4.78 is 1.69. The van der Waals surface area contributed by atoms with Gasteiger partial charge in [-0.2, -0.15) is 0 Å². The summed E-state index contributed by atoms with van der Waals surface area (Å²) in [6, 6.07) is 20.9. The van der Waals surface area contributed by atoms with Crippen LogP contribution in [0.5, 0.6) is 0 Å². The first-order valence-electron chi connectivity index (χ1n) is 9.46. The van der Waals surface area contributed by atoms with Crippen LogP contribution >= 0.6 is 0 Å². The SMILES string of the molecule is O=C(NC(CO)c1ccccc1)c1cccc(NC(=O)c2cnc3ccccn23)c1. The number of hydrogen-bond donors (Lipinski definition) is 3. The third-order valence-corrected chi connectivity index (χ3v) is 4.72. The molecule has 0 spiro atoms. The van der Waals surface area contributed by atoms with Crippen molar-refractivity contribution in [2.45, 2.75) is 6.04 Å². The van der Waals surface area contributed by atoms with Gasteiger partial charge in [0.1, 0.15) is 11.3 Å². The molecule has 0 saturated carbocycles. The molecule has 2 aromatic heterocycles. The molecule has 7 heteroatoms. The van der Waals surface area contributed by atoms with E-state index in [0.717, 1.165) is 5.56 Å². The molecule has 1 unspecified atom stereocenters. The number of carbonyl (C=O) groups excluding carboxylic acids is 2. The number of hydrogen-bond acceptors (Lipinski definition) is 4. The summed E-state index contributed by atoms with van der Waals surface area (Å²) in [5, 5.41) is 15.3. The van der Waals surface area contributed by atoms with E-state index in [9.17, 15) is 14.7 Å². The lowest BCUT2D eigenvalue weighted by Crippen LogP contribution is -2.30. The molecule has 1 atom stereocenters. The van der Waals surface area contributed by atoms with Gasteiger partial charge in [-0.15, -0.1) is 0 Å². The minimum Gasteiger partial charge on any atom is -0.394 e. The molecular formula is C23H20N4O3. The van der Waals surface area contributed by atoms with Gasteiger partial charge < -0.3 is 15.7 Å².